The second-order valence-electron chi connectivity index (χ2n) is 17.2. The summed E-state index contributed by atoms with van der Waals surface area (Å²) < 4.78 is 11.7. The number of hydrogen-bond donors (Lipinski definition) is 3. The maximum absolute atomic E-state index is 14.3. The summed E-state index contributed by atoms with van der Waals surface area (Å²) in [6.07, 6.45) is 8.91. The number of Topliss-reactive ketones (excluding diaryl/α,β-unsaturated/α-hetero) is 1. The minimum absolute atomic E-state index is 0.0133. The van der Waals surface area contributed by atoms with Crippen LogP contribution in [0.15, 0.2) is 73.2 Å². The van der Waals surface area contributed by atoms with Crippen molar-refractivity contribution in [3.05, 3.63) is 95.6 Å². The summed E-state index contributed by atoms with van der Waals surface area (Å²) in [5.74, 6) is -2.00. The molecule has 6 rings (SSSR count). The van der Waals surface area contributed by atoms with E-state index in [1.165, 1.54) is 31.3 Å². The number of hydrogen-bond acceptors (Lipinski definition) is 9. The van der Waals surface area contributed by atoms with Gasteiger partial charge in [-0.3, -0.25) is 24.2 Å². The molecule has 3 aromatic rings. The van der Waals surface area contributed by atoms with Crippen molar-refractivity contribution in [3.63, 3.8) is 0 Å². The molecule has 1 aliphatic carbocycles. The predicted molar refractivity (Wildman–Crippen MR) is 219 cm³/mol. The van der Waals surface area contributed by atoms with E-state index in [0.29, 0.717) is 31.7 Å². The van der Waals surface area contributed by atoms with Crippen LogP contribution in [-0.4, -0.2) is 94.8 Å². The average molecular weight is 794 g/mol. The number of aromatic nitrogens is 2. The van der Waals surface area contributed by atoms with Gasteiger partial charge >= 0.3 is 13.0 Å². The van der Waals surface area contributed by atoms with E-state index in [0.717, 1.165) is 30.4 Å². The number of rotatable bonds is 17. The van der Waals surface area contributed by atoms with Gasteiger partial charge in [0.15, 0.2) is 0 Å². The molecule has 1 saturated carbocycles. The van der Waals surface area contributed by atoms with E-state index in [-0.39, 0.29) is 58.5 Å². The summed E-state index contributed by atoms with van der Waals surface area (Å²) in [4.78, 5) is 76.0. The van der Waals surface area contributed by atoms with Gasteiger partial charge in [0.1, 0.15) is 18.3 Å². The number of benzene rings is 2. The lowest BCUT2D eigenvalue weighted by Crippen LogP contribution is -3.02. The number of carbonyl (C=O) groups excluding carboxylic acids is 5. The van der Waals surface area contributed by atoms with Crippen molar-refractivity contribution < 1.29 is 37.8 Å². The Kier molecular flexibility index (Phi) is 13.5. The normalized spacial score (nSPS) is 24.4. The number of nitrogens with one attached hydrogen (secondary N) is 3. The van der Waals surface area contributed by atoms with Gasteiger partial charge in [-0.15, -0.1) is 0 Å². The van der Waals surface area contributed by atoms with E-state index in [2.05, 4.69) is 51.9 Å². The van der Waals surface area contributed by atoms with Crippen LogP contribution in [0.4, 0.5) is 0 Å². The van der Waals surface area contributed by atoms with E-state index < -0.39 is 42.5 Å². The Morgan fingerprint density at radius 3 is 2.17 bits per heavy atom. The minimum Gasteiger partial charge on any atom is -0.497 e. The maximum atomic E-state index is 14.3. The smallest absolute Gasteiger partial charge is 0.398 e. The topological polar surface area (TPSA) is 166 Å². The van der Waals surface area contributed by atoms with Crippen molar-refractivity contribution in [1.29, 1.82) is 0 Å². The summed E-state index contributed by atoms with van der Waals surface area (Å²) in [6, 6.07) is 16.6. The van der Waals surface area contributed by atoms with E-state index in [4.69, 9.17) is 9.39 Å². The van der Waals surface area contributed by atoms with Gasteiger partial charge in [0.2, 0.25) is 11.8 Å². The molecule has 309 valence electrons. The van der Waals surface area contributed by atoms with Gasteiger partial charge in [0.05, 0.1) is 25.3 Å². The molecule has 2 aromatic carbocycles. The highest BCUT2D eigenvalue weighted by Gasteiger charge is 2.81. The Morgan fingerprint density at radius 2 is 1.57 bits per heavy atom. The molecule has 2 saturated heterocycles. The quantitative estimate of drug-likeness (QED) is 0.102. The van der Waals surface area contributed by atoms with Crippen LogP contribution >= 0.6 is 0 Å². The Balaban J connectivity index is 1.16. The molecule has 0 spiro atoms. The zero-order valence-corrected chi connectivity index (χ0v) is 34.6. The first-order valence-corrected chi connectivity index (χ1v) is 20.7. The Hall–Kier alpha value is -4.95. The van der Waals surface area contributed by atoms with Crippen LogP contribution in [0.5, 0.6) is 0 Å². The number of ketones is 1. The standard InChI is InChI=1S/C44H57BN6O7/c1-28(2)22-32-12-16-34(17-13-32)30(5)40(53)48-25-33-14-18-35(19-15-33)51-27-38(52)44(51,43(56)57-6)58-45(51)39(23-29(3)4)50-41(54)36(24-31-10-8-7-9-11-31)49-42(55)37-26-46-20-21-47-37/h7-13,16-17,20-21,26,28-30,33,35-36,39H,14-15,18-19,22-25,27H2,1-6H3,(H2-,48,49,50,53,54,55)/q-1/p+1/t30-,33?,35?,36-,39-,44?,51?/m0/s1. The summed E-state index contributed by atoms with van der Waals surface area (Å²) in [5.41, 5.74) is 1.39. The van der Waals surface area contributed by atoms with Crippen molar-refractivity contribution >= 4 is 36.5 Å². The van der Waals surface area contributed by atoms with Gasteiger partial charge in [-0.2, -0.15) is 0 Å². The van der Waals surface area contributed by atoms with Crippen LogP contribution in [0, 0.1) is 17.8 Å². The number of ether oxygens (including phenoxy) is 1. The van der Waals surface area contributed by atoms with E-state index in [9.17, 15) is 24.0 Å². The molecule has 3 amide bonds. The predicted octanol–water partition coefficient (Wildman–Crippen LogP) is 4.35. The summed E-state index contributed by atoms with van der Waals surface area (Å²) in [5, 5.41) is 9.24. The Morgan fingerprint density at radius 1 is 0.879 bits per heavy atom. The van der Waals surface area contributed by atoms with Gasteiger partial charge in [-0.1, -0.05) is 88.7 Å². The molecule has 3 aliphatic rings. The third-order valence-corrected chi connectivity index (χ3v) is 12.2. The minimum atomic E-state index is -1.78. The summed E-state index contributed by atoms with van der Waals surface area (Å²) >= 11 is 0. The molecule has 13 nitrogen and oxygen atoms in total. The Labute approximate surface area is 342 Å². The number of nitrogens with zero attached hydrogens (tertiary/aromatic N) is 3. The second kappa shape index (κ2) is 18.3. The van der Waals surface area contributed by atoms with Crippen molar-refractivity contribution in [1.82, 2.24) is 25.9 Å². The van der Waals surface area contributed by atoms with Crippen molar-refractivity contribution in [2.75, 3.05) is 20.2 Å². The largest absolute Gasteiger partial charge is 0.497 e. The molecular weight excluding hydrogens is 735 g/mol. The fraction of sp³-hybridized carbons (Fsp3) is 0.523. The molecular formula is C44H58BN6O7. The molecule has 5 atom stereocenters. The molecule has 2 aliphatic heterocycles. The maximum Gasteiger partial charge on any atom is 0.398 e. The fourth-order valence-corrected chi connectivity index (χ4v) is 9.24. The summed E-state index contributed by atoms with van der Waals surface area (Å²) in [6.45, 7) is 11.0. The lowest BCUT2D eigenvalue weighted by molar-refractivity contribution is -0.976. The van der Waals surface area contributed by atoms with Gasteiger partial charge in [-0.25, -0.2) is 9.78 Å². The average Bonchev–Trinajstić information content (AvgIpc) is 3.21. The highest BCUT2D eigenvalue weighted by molar-refractivity contribution is 6.53. The molecule has 0 bridgehead atoms. The van der Waals surface area contributed by atoms with Crippen LogP contribution in [0.1, 0.15) is 99.8 Å². The molecule has 3 N–H and O–H groups in total. The zero-order chi connectivity index (χ0) is 41.6. The third-order valence-electron chi connectivity index (χ3n) is 12.2. The van der Waals surface area contributed by atoms with Crippen LogP contribution in [0.3, 0.4) is 0 Å². The Bertz CT molecular complexity index is 1930. The van der Waals surface area contributed by atoms with Crippen LogP contribution < -0.4 is 16.0 Å². The molecule has 3 fully saturated rings. The number of esters is 1. The highest BCUT2D eigenvalue weighted by atomic mass is 16.6. The highest BCUT2D eigenvalue weighted by Crippen LogP contribution is 2.55. The van der Waals surface area contributed by atoms with Crippen LogP contribution in [0.2, 0.25) is 0 Å². The SMILES string of the molecule is COC(=O)C12O[B-]([C@H](CC(C)C)NC(=O)[C@H](Cc3ccccc3)NC(=O)c3cnccn3)[N+]1(C1CCC(CNC(=O)[C@@H](C)c3ccc(CC(C)C)cc3)CC1)CC2=O. The van der Waals surface area contributed by atoms with Gasteiger partial charge < -0.3 is 29.7 Å². The van der Waals surface area contributed by atoms with Gasteiger partial charge in [-0.05, 0) is 79.4 Å². The van der Waals surface area contributed by atoms with Gasteiger partial charge in [0.25, 0.3) is 17.4 Å². The van der Waals surface area contributed by atoms with Crippen LogP contribution in [0.25, 0.3) is 0 Å². The van der Waals surface area contributed by atoms with E-state index >= 15 is 0 Å². The van der Waals surface area contributed by atoms with Crippen molar-refractivity contribution in [2.24, 2.45) is 17.8 Å². The molecule has 1 radical (unpaired) electrons. The fourth-order valence-electron chi connectivity index (χ4n) is 9.24. The second-order valence-corrected chi connectivity index (χ2v) is 17.2. The summed E-state index contributed by atoms with van der Waals surface area (Å²) in [7, 11) is 0.556. The number of amides is 3. The third kappa shape index (κ3) is 8.73. The van der Waals surface area contributed by atoms with E-state index in [1.807, 2.05) is 63.2 Å². The van der Waals surface area contributed by atoms with Crippen LogP contribution in [-0.2, 0) is 41.4 Å². The van der Waals surface area contributed by atoms with E-state index in [1.54, 1.807) is 0 Å². The first kappa shape index (κ1) is 42.7. The van der Waals surface area contributed by atoms with Crippen molar-refractivity contribution in [3.8, 4) is 0 Å². The molecule has 3 heterocycles. The first-order chi connectivity index (χ1) is 27.8. The van der Waals surface area contributed by atoms with Crippen molar-refractivity contribution in [2.45, 2.75) is 109 Å². The molecule has 58 heavy (non-hydrogen) atoms. The molecule has 2 unspecified atom stereocenters. The number of methoxy groups -OCH3 is 1. The zero-order valence-electron chi connectivity index (χ0n) is 34.6. The molecule has 14 heteroatoms. The lowest BCUT2D eigenvalue weighted by Gasteiger charge is -2.81. The van der Waals surface area contributed by atoms with Gasteiger partial charge in [0, 0.05) is 25.4 Å². The lowest BCUT2D eigenvalue weighted by atomic mass is 9.51. The number of carbonyl (C=O) groups is 5. The first-order valence-electron chi connectivity index (χ1n) is 20.7. The molecule has 1 aromatic heterocycles. The number of quaternary nitrogens is 1. The monoisotopic (exact) mass is 793 g/mol. The number of fused-ring (bicyclic) bond motifs is 1.